The van der Waals surface area contributed by atoms with Gasteiger partial charge >= 0.3 is 0 Å². The van der Waals surface area contributed by atoms with Gasteiger partial charge in [-0.1, -0.05) is 32.0 Å². The first-order valence-electron chi connectivity index (χ1n) is 7.76. The van der Waals surface area contributed by atoms with Gasteiger partial charge in [-0.05, 0) is 54.7 Å². The summed E-state index contributed by atoms with van der Waals surface area (Å²) in [6, 6.07) is 11.5. The standard InChI is InChI=1S/C19H24N2O2/c1-12(2)16-8-5-13(3)9-18(16)23-11-19(22)21-15-7-6-14(4)17(20)10-15/h5-10,12H,11,20H2,1-4H3,(H,21,22). The van der Waals surface area contributed by atoms with Crippen molar-refractivity contribution in [2.24, 2.45) is 0 Å². The summed E-state index contributed by atoms with van der Waals surface area (Å²) in [4.78, 5) is 12.1. The van der Waals surface area contributed by atoms with Gasteiger partial charge in [0.2, 0.25) is 0 Å². The van der Waals surface area contributed by atoms with Gasteiger partial charge in [-0.25, -0.2) is 0 Å². The van der Waals surface area contributed by atoms with Gasteiger partial charge in [0.05, 0.1) is 0 Å². The van der Waals surface area contributed by atoms with Crippen LogP contribution in [0.2, 0.25) is 0 Å². The summed E-state index contributed by atoms with van der Waals surface area (Å²) in [7, 11) is 0. The number of ether oxygens (including phenoxy) is 1. The van der Waals surface area contributed by atoms with Gasteiger partial charge in [0.1, 0.15) is 5.75 Å². The van der Waals surface area contributed by atoms with Crippen LogP contribution < -0.4 is 15.8 Å². The molecular formula is C19H24N2O2. The van der Waals surface area contributed by atoms with Gasteiger partial charge in [-0.15, -0.1) is 0 Å². The molecule has 4 heteroatoms. The third-order valence-electron chi connectivity index (χ3n) is 3.71. The van der Waals surface area contributed by atoms with Crippen molar-refractivity contribution in [2.75, 3.05) is 17.7 Å². The summed E-state index contributed by atoms with van der Waals surface area (Å²) in [5.41, 5.74) is 10.4. The fourth-order valence-electron chi connectivity index (χ4n) is 2.30. The third kappa shape index (κ3) is 4.49. The number of carbonyl (C=O) groups excluding carboxylic acids is 1. The molecule has 1 amide bonds. The summed E-state index contributed by atoms with van der Waals surface area (Å²) < 4.78 is 5.72. The second-order valence-electron chi connectivity index (χ2n) is 6.10. The molecule has 0 heterocycles. The number of anilines is 2. The Morgan fingerprint density at radius 2 is 1.91 bits per heavy atom. The molecule has 0 unspecified atom stereocenters. The monoisotopic (exact) mass is 312 g/mol. The number of carbonyl (C=O) groups is 1. The molecule has 0 radical (unpaired) electrons. The van der Waals surface area contributed by atoms with Crippen molar-refractivity contribution in [3.63, 3.8) is 0 Å². The Hall–Kier alpha value is -2.49. The van der Waals surface area contributed by atoms with E-state index in [2.05, 4.69) is 25.2 Å². The van der Waals surface area contributed by atoms with E-state index in [4.69, 9.17) is 10.5 Å². The molecule has 0 fully saturated rings. The fourth-order valence-corrected chi connectivity index (χ4v) is 2.30. The number of aryl methyl sites for hydroxylation is 2. The Morgan fingerprint density at radius 3 is 2.57 bits per heavy atom. The van der Waals surface area contributed by atoms with Gasteiger partial charge in [0.25, 0.3) is 5.91 Å². The second kappa shape index (κ2) is 7.18. The maximum Gasteiger partial charge on any atom is 0.262 e. The quantitative estimate of drug-likeness (QED) is 0.819. The van der Waals surface area contributed by atoms with Crippen LogP contribution in [0.3, 0.4) is 0 Å². The molecule has 23 heavy (non-hydrogen) atoms. The highest BCUT2D eigenvalue weighted by atomic mass is 16.5. The molecular weight excluding hydrogens is 288 g/mol. The molecule has 0 atom stereocenters. The fraction of sp³-hybridized carbons (Fsp3) is 0.316. The number of nitrogens with one attached hydrogen (secondary N) is 1. The summed E-state index contributed by atoms with van der Waals surface area (Å²) in [6.07, 6.45) is 0. The molecule has 0 aliphatic carbocycles. The molecule has 2 aromatic rings. The van der Waals surface area contributed by atoms with Crippen LogP contribution >= 0.6 is 0 Å². The zero-order valence-electron chi connectivity index (χ0n) is 14.1. The van der Waals surface area contributed by atoms with Crippen LogP contribution in [0.4, 0.5) is 11.4 Å². The van der Waals surface area contributed by atoms with Crippen molar-refractivity contribution in [1.82, 2.24) is 0 Å². The summed E-state index contributed by atoms with van der Waals surface area (Å²) >= 11 is 0. The van der Waals surface area contributed by atoms with E-state index in [9.17, 15) is 4.79 Å². The minimum Gasteiger partial charge on any atom is -0.483 e. The largest absolute Gasteiger partial charge is 0.483 e. The number of nitrogen functional groups attached to an aromatic ring is 1. The molecule has 122 valence electrons. The van der Waals surface area contributed by atoms with Gasteiger partial charge < -0.3 is 15.8 Å². The number of hydrogen-bond donors (Lipinski definition) is 2. The Labute approximate surface area is 137 Å². The lowest BCUT2D eigenvalue weighted by atomic mass is 10.0. The summed E-state index contributed by atoms with van der Waals surface area (Å²) in [5, 5.41) is 2.80. The van der Waals surface area contributed by atoms with E-state index in [0.717, 1.165) is 22.4 Å². The molecule has 2 aromatic carbocycles. The molecule has 0 aliphatic heterocycles. The average molecular weight is 312 g/mol. The third-order valence-corrected chi connectivity index (χ3v) is 3.71. The normalized spacial score (nSPS) is 10.7. The van der Waals surface area contributed by atoms with Crippen LogP contribution in [0, 0.1) is 13.8 Å². The van der Waals surface area contributed by atoms with Gasteiger partial charge in [-0.3, -0.25) is 4.79 Å². The van der Waals surface area contributed by atoms with Crippen molar-refractivity contribution >= 4 is 17.3 Å². The lowest BCUT2D eigenvalue weighted by Gasteiger charge is -2.15. The van der Waals surface area contributed by atoms with Crippen LogP contribution in [0.1, 0.15) is 36.5 Å². The zero-order valence-corrected chi connectivity index (χ0v) is 14.1. The predicted octanol–water partition coefficient (Wildman–Crippen LogP) is 4.03. The highest BCUT2D eigenvalue weighted by Crippen LogP contribution is 2.27. The first-order chi connectivity index (χ1) is 10.9. The number of amides is 1. The maximum atomic E-state index is 12.1. The Kier molecular flexibility index (Phi) is 5.27. The molecule has 0 saturated carbocycles. The smallest absolute Gasteiger partial charge is 0.262 e. The zero-order chi connectivity index (χ0) is 17.0. The minimum atomic E-state index is -0.204. The van der Waals surface area contributed by atoms with Crippen LogP contribution in [-0.2, 0) is 4.79 Å². The van der Waals surface area contributed by atoms with Crippen LogP contribution in [0.5, 0.6) is 5.75 Å². The van der Waals surface area contributed by atoms with Crippen molar-refractivity contribution in [1.29, 1.82) is 0 Å². The lowest BCUT2D eigenvalue weighted by molar-refractivity contribution is -0.118. The van der Waals surface area contributed by atoms with Crippen molar-refractivity contribution < 1.29 is 9.53 Å². The van der Waals surface area contributed by atoms with Gasteiger partial charge in [-0.2, -0.15) is 0 Å². The predicted molar refractivity (Wildman–Crippen MR) is 95.0 cm³/mol. The first-order valence-corrected chi connectivity index (χ1v) is 7.76. The Bertz CT molecular complexity index is 709. The van der Waals surface area contributed by atoms with Crippen molar-refractivity contribution in [2.45, 2.75) is 33.6 Å². The SMILES string of the molecule is Cc1ccc(C(C)C)c(OCC(=O)Nc2ccc(C)c(N)c2)c1. The summed E-state index contributed by atoms with van der Waals surface area (Å²) in [5.74, 6) is 0.897. The van der Waals surface area contributed by atoms with Crippen LogP contribution in [0.25, 0.3) is 0 Å². The molecule has 0 aromatic heterocycles. The van der Waals surface area contributed by atoms with E-state index in [1.165, 1.54) is 0 Å². The van der Waals surface area contributed by atoms with Crippen LogP contribution in [-0.4, -0.2) is 12.5 Å². The number of nitrogens with two attached hydrogens (primary N) is 1. The first kappa shape index (κ1) is 16.9. The van der Waals surface area contributed by atoms with E-state index < -0.39 is 0 Å². The maximum absolute atomic E-state index is 12.1. The second-order valence-corrected chi connectivity index (χ2v) is 6.10. The molecule has 0 bridgehead atoms. The topological polar surface area (TPSA) is 64.3 Å². The molecule has 4 nitrogen and oxygen atoms in total. The highest BCUT2D eigenvalue weighted by Gasteiger charge is 2.10. The van der Waals surface area contributed by atoms with E-state index >= 15 is 0 Å². The average Bonchev–Trinajstić information content (AvgIpc) is 2.48. The van der Waals surface area contributed by atoms with Crippen LogP contribution in [0.15, 0.2) is 36.4 Å². The number of rotatable bonds is 5. The molecule has 0 spiro atoms. The van der Waals surface area contributed by atoms with E-state index in [0.29, 0.717) is 17.3 Å². The van der Waals surface area contributed by atoms with Gasteiger partial charge in [0, 0.05) is 11.4 Å². The highest BCUT2D eigenvalue weighted by molar-refractivity contribution is 5.92. The number of benzene rings is 2. The molecule has 3 N–H and O–H groups in total. The number of hydrogen-bond acceptors (Lipinski definition) is 3. The van der Waals surface area contributed by atoms with Gasteiger partial charge in [0.15, 0.2) is 6.61 Å². The Balaban J connectivity index is 2.01. The molecule has 2 rings (SSSR count). The van der Waals surface area contributed by atoms with E-state index in [1.54, 1.807) is 6.07 Å². The van der Waals surface area contributed by atoms with E-state index in [1.807, 2.05) is 38.1 Å². The Morgan fingerprint density at radius 1 is 1.17 bits per heavy atom. The molecule has 0 saturated heterocycles. The van der Waals surface area contributed by atoms with Crippen molar-refractivity contribution in [3.05, 3.63) is 53.1 Å². The minimum absolute atomic E-state index is 0.0308. The molecule has 0 aliphatic rings. The lowest BCUT2D eigenvalue weighted by Crippen LogP contribution is -2.20. The summed E-state index contributed by atoms with van der Waals surface area (Å²) in [6.45, 7) is 8.11. The van der Waals surface area contributed by atoms with E-state index in [-0.39, 0.29) is 12.5 Å². The van der Waals surface area contributed by atoms with Crippen molar-refractivity contribution in [3.8, 4) is 5.75 Å².